The number of pyridine rings is 2. The van der Waals surface area contributed by atoms with E-state index in [1.165, 1.54) is 34.7 Å². The van der Waals surface area contributed by atoms with Gasteiger partial charge in [0.1, 0.15) is 22.7 Å². The van der Waals surface area contributed by atoms with E-state index in [4.69, 9.17) is 9.72 Å². The van der Waals surface area contributed by atoms with Crippen LogP contribution in [0.5, 0.6) is 0 Å². The molecule has 0 atom stereocenters. The Morgan fingerprint density at radius 3 is 2.53 bits per heavy atom. The van der Waals surface area contributed by atoms with Gasteiger partial charge in [-0.2, -0.15) is 4.99 Å². The molecule has 0 spiro atoms. The Balaban J connectivity index is 2.11. The number of amides is 1. The van der Waals surface area contributed by atoms with Crippen molar-refractivity contribution in [2.45, 2.75) is 46.6 Å². The van der Waals surface area contributed by atoms with Crippen molar-refractivity contribution in [2.75, 3.05) is 6.61 Å². The summed E-state index contributed by atoms with van der Waals surface area (Å²) >= 11 is 0. The van der Waals surface area contributed by atoms with E-state index in [1.54, 1.807) is 23.8 Å². The second-order valence-corrected chi connectivity index (χ2v) is 8.42. The molecule has 0 saturated heterocycles. The van der Waals surface area contributed by atoms with E-state index in [1.807, 2.05) is 13.0 Å². The van der Waals surface area contributed by atoms with Crippen molar-refractivity contribution in [3.8, 4) is 0 Å². The van der Waals surface area contributed by atoms with Crippen molar-refractivity contribution in [1.82, 2.24) is 14.0 Å². The highest BCUT2D eigenvalue weighted by Crippen LogP contribution is 2.15. The minimum Gasteiger partial charge on any atom is -0.462 e. The zero-order chi connectivity index (χ0) is 25.8. The van der Waals surface area contributed by atoms with Gasteiger partial charge in [0.2, 0.25) is 0 Å². The molecule has 3 heterocycles. The van der Waals surface area contributed by atoms with Crippen molar-refractivity contribution < 1.29 is 18.7 Å². The Hall–Kier alpha value is -4.14. The van der Waals surface area contributed by atoms with Gasteiger partial charge in [0.25, 0.3) is 11.5 Å². The molecule has 0 N–H and O–H groups in total. The molecule has 0 saturated carbocycles. The zero-order valence-electron chi connectivity index (χ0n) is 20.5. The molecule has 4 rings (SSSR count). The predicted molar refractivity (Wildman–Crippen MR) is 133 cm³/mol. The lowest BCUT2D eigenvalue weighted by atomic mass is 10.1. The molecule has 3 aromatic heterocycles. The van der Waals surface area contributed by atoms with Crippen molar-refractivity contribution in [3.05, 3.63) is 87.0 Å². The minimum atomic E-state index is -0.706. The van der Waals surface area contributed by atoms with Crippen LogP contribution in [-0.4, -0.2) is 32.4 Å². The molecule has 186 valence electrons. The zero-order valence-corrected chi connectivity index (χ0v) is 20.5. The maximum absolute atomic E-state index is 13.5. The highest BCUT2D eigenvalue weighted by molar-refractivity contribution is 5.97. The highest BCUT2D eigenvalue weighted by atomic mass is 19.1. The van der Waals surface area contributed by atoms with E-state index in [0.717, 1.165) is 18.4 Å². The number of carbonyl (C=O) groups excluding carboxylic acids is 2. The van der Waals surface area contributed by atoms with Gasteiger partial charge in [0, 0.05) is 18.3 Å². The Morgan fingerprint density at radius 1 is 1.08 bits per heavy atom. The van der Waals surface area contributed by atoms with Crippen LogP contribution in [0.1, 0.15) is 59.4 Å². The maximum Gasteiger partial charge on any atom is 0.341 e. The number of benzene rings is 1. The Kier molecular flexibility index (Phi) is 7.38. The predicted octanol–water partition coefficient (Wildman–Crippen LogP) is 4.20. The summed E-state index contributed by atoms with van der Waals surface area (Å²) < 4.78 is 21.7. The van der Waals surface area contributed by atoms with Gasteiger partial charge in [-0.15, -0.1) is 0 Å². The lowest BCUT2D eigenvalue weighted by Gasteiger charge is -2.15. The fourth-order valence-corrected chi connectivity index (χ4v) is 4.05. The Labute approximate surface area is 206 Å². The number of unbranched alkanes of at least 4 members (excludes halogenated alkanes) is 2. The van der Waals surface area contributed by atoms with Crippen LogP contribution in [0.2, 0.25) is 0 Å². The van der Waals surface area contributed by atoms with Gasteiger partial charge in [-0.3, -0.25) is 14.0 Å². The van der Waals surface area contributed by atoms with E-state index in [0.29, 0.717) is 24.3 Å². The third-order valence-electron chi connectivity index (χ3n) is 5.88. The first kappa shape index (κ1) is 25.0. The Bertz CT molecular complexity index is 1590. The number of hydrogen-bond donors (Lipinski definition) is 0. The van der Waals surface area contributed by atoms with Gasteiger partial charge in [0.15, 0.2) is 5.49 Å². The molecule has 0 unspecified atom stereocenters. The van der Waals surface area contributed by atoms with E-state index < -0.39 is 17.7 Å². The standard InChI is InChI=1S/C27H27FN4O4/c1-4-6-7-14-31-23-20(26(34)32-15-8-9-17(3)22(32)29-23)16-21(27(35)36-5-2)24(31)30-25(33)18-10-12-19(28)13-11-18/h8-13,15-16H,4-7,14H2,1-3H3. The molecule has 0 fully saturated rings. The van der Waals surface area contributed by atoms with Crippen LogP contribution in [-0.2, 0) is 11.3 Å². The molecule has 9 heteroatoms. The molecule has 0 aliphatic heterocycles. The minimum absolute atomic E-state index is 0.0113. The summed E-state index contributed by atoms with van der Waals surface area (Å²) in [5.74, 6) is -1.84. The van der Waals surface area contributed by atoms with Crippen LogP contribution in [0.15, 0.2) is 58.4 Å². The fraction of sp³-hybridized carbons (Fsp3) is 0.296. The van der Waals surface area contributed by atoms with Crippen LogP contribution < -0.4 is 11.0 Å². The second kappa shape index (κ2) is 10.6. The number of esters is 1. The third-order valence-corrected chi connectivity index (χ3v) is 5.88. The number of carbonyl (C=O) groups is 2. The van der Waals surface area contributed by atoms with E-state index >= 15 is 0 Å². The molecule has 1 aromatic carbocycles. The number of halogens is 1. The lowest BCUT2D eigenvalue weighted by Crippen LogP contribution is -2.33. The SMILES string of the molecule is CCCCCn1c(=NC(=O)c2ccc(F)cc2)c(C(=O)OCC)cc2c(=O)n3cccc(C)c3nc21. The number of rotatable bonds is 7. The van der Waals surface area contributed by atoms with Crippen LogP contribution in [0.3, 0.4) is 0 Å². The van der Waals surface area contributed by atoms with Gasteiger partial charge >= 0.3 is 5.97 Å². The third kappa shape index (κ3) is 4.82. The summed E-state index contributed by atoms with van der Waals surface area (Å²) in [5, 5.41) is 0.214. The second-order valence-electron chi connectivity index (χ2n) is 8.42. The Morgan fingerprint density at radius 2 is 1.83 bits per heavy atom. The number of fused-ring (bicyclic) bond motifs is 2. The molecule has 36 heavy (non-hydrogen) atoms. The molecule has 0 aliphatic carbocycles. The van der Waals surface area contributed by atoms with Crippen LogP contribution >= 0.6 is 0 Å². The van der Waals surface area contributed by atoms with Gasteiger partial charge in [0.05, 0.1) is 12.0 Å². The smallest absolute Gasteiger partial charge is 0.341 e. The van der Waals surface area contributed by atoms with E-state index in [9.17, 15) is 18.8 Å². The number of ether oxygens (including phenoxy) is 1. The van der Waals surface area contributed by atoms with E-state index in [-0.39, 0.29) is 34.2 Å². The normalized spacial score (nSPS) is 11.8. The number of nitrogens with zero attached hydrogens (tertiary/aromatic N) is 4. The summed E-state index contributed by atoms with van der Waals surface area (Å²) in [6.45, 7) is 6.06. The number of aromatic nitrogens is 3. The van der Waals surface area contributed by atoms with Gasteiger partial charge in [-0.25, -0.2) is 14.2 Å². The van der Waals surface area contributed by atoms with E-state index in [2.05, 4.69) is 11.9 Å². The number of hydrogen-bond acceptors (Lipinski definition) is 5. The largest absolute Gasteiger partial charge is 0.462 e. The summed E-state index contributed by atoms with van der Waals surface area (Å²) in [5.41, 5.74) is 1.45. The molecule has 0 bridgehead atoms. The molecule has 4 aromatic rings. The average Bonchev–Trinajstić information content (AvgIpc) is 2.86. The van der Waals surface area contributed by atoms with Crippen LogP contribution in [0.4, 0.5) is 4.39 Å². The average molecular weight is 491 g/mol. The first-order valence-electron chi connectivity index (χ1n) is 11.9. The van der Waals surface area contributed by atoms with Crippen molar-refractivity contribution in [1.29, 1.82) is 0 Å². The molecular weight excluding hydrogens is 463 g/mol. The maximum atomic E-state index is 13.5. The van der Waals surface area contributed by atoms with Crippen molar-refractivity contribution >= 4 is 28.6 Å². The topological polar surface area (TPSA) is 95.0 Å². The summed E-state index contributed by atoms with van der Waals surface area (Å²) in [6.07, 6.45) is 4.16. The van der Waals surface area contributed by atoms with Crippen LogP contribution in [0.25, 0.3) is 16.7 Å². The lowest BCUT2D eigenvalue weighted by molar-refractivity contribution is 0.0523. The van der Waals surface area contributed by atoms with Crippen molar-refractivity contribution in [2.24, 2.45) is 4.99 Å². The monoisotopic (exact) mass is 490 g/mol. The first-order chi connectivity index (χ1) is 17.3. The fourth-order valence-electron chi connectivity index (χ4n) is 4.05. The summed E-state index contributed by atoms with van der Waals surface area (Å²) in [7, 11) is 0. The van der Waals surface area contributed by atoms with Crippen molar-refractivity contribution in [3.63, 3.8) is 0 Å². The van der Waals surface area contributed by atoms with Gasteiger partial charge < -0.3 is 9.30 Å². The van der Waals surface area contributed by atoms with Gasteiger partial charge in [-0.05, 0) is 62.2 Å². The molecule has 0 aliphatic rings. The molecule has 0 radical (unpaired) electrons. The van der Waals surface area contributed by atoms with Crippen LogP contribution in [0, 0.1) is 12.7 Å². The quantitative estimate of drug-likeness (QED) is 0.220. The molecular formula is C27H27FN4O4. The summed E-state index contributed by atoms with van der Waals surface area (Å²) in [6, 6.07) is 9.99. The summed E-state index contributed by atoms with van der Waals surface area (Å²) in [4.78, 5) is 48.6. The molecule has 8 nitrogen and oxygen atoms in total. The molecule has 1 amide bonds. The first-order valence-corrected chi connectivity index (χ1v) is 11.9. The van der Waals surface area contributed by atoms with Gasteiger partial charge in [-0.1, -0.05) is 25.8 Å². The highest BCUT2D eigenvalue weighted by Gasteiger charge is 2.20. The number of aryl methyl sites for hydroxylation is 2.